The molecule has 0 saturated heterocycles. The molecule has 0 radical (unpaired) electrons. The van der Waals surface area contributed by atoms with Gasteiger partial charge in [-0.25, -0.2) is 4.79 Å². The molecular formula is C16H15BrO3. The molecule has 2 aromatic carbocycles. The van der Waals surface area contributed by atoms with Crippen LogP contribution in [-0.4, -0.2) is 17.7 Å². The molecule has 3 nitrogen and oxygen atoms in total. The van der Waals surface area contributed by atoms with Crippen molar-refractivity contribution < 1.29 is 14.6 Å². The average Bonchev–Trinajstić information content (AvgIpc) is 2.45. The van der Waals surface area contributed by atoms with E-state index in [4.69, 9.17) is 4.74 Å². The van der Waals surface area contributed by atoms with E-state index in [9.17, 15) is 9.90 Å². The molecule has 20 heavy (non-hydrogen) atoms. The number of benzene rings is 2. The van der Waals surface area contributed by atoms with Crippen LogP contribution in [0.4, 0.5) is 0 Å². The number of carboxylic acid groups (broad SMARTS) is 1. The van der Waals surface area contributed by atoms with Crippen LogP contribution in [0.2, 0.25) is 0 Å². The molecule has 4 heteroatoms. The summed E-state index contributed by atoms with van der Waals surface area (Å²) in [6.07, 6.45) is 0.903. The Kier molecular flexibility index (Phi) is 4.79. The van der Waals surface area contributed by atoms with Crippen LogP contribution in [0.5, 0.6) is 5.75 Å². The fourth-order valence-electron chi connectivity index (χ4n) is 1.96. The predicted octanol–water partition coefficient (Wildman–Crippen LogP) is 4.60. The van der Waals surface area contributed by atoms with E-state index in [-0.39, 0.29) is 5.56 Å². The van der Waals surface area contributed by atoms with Gasteiger partial charge in [-0.2, -0.15) is 0 Å². The van der Waals surface area contributed by atoms with E-state index >= 15 is 0 Å². The average molecular weight is 335 g/mol. The van der Waals surface area contributed by atoms with E-state index in [0.29, 0.717) is 17.9 Å². The number of hydrogen-bond acceptors (Lipinski definition) is 2. The molecule has 0 unspecified atom stereocenters. The quantitative estimate of drug-likeness (QED) is 0.868. The number of carbonyl (C=O) groups is 1. The van der Waals surface area contributed by atoms with Crippen molar-refractivity contribution in [1.29, 1.82) is 0 Å². The minimum atomic E-state index is -0.952. The Bertz CT molecular complexity index is 623. The summed E-state index contributed by atoms with van der Waals surface area (Å²) in [5.74, 6) is -0.245. The second-order valence-electron chi connectivity index (χ2n) is 4.34. The summed E-state index contributed by atoms with van der Waals surface area (Å²) in [6, 6.07) is 12.7. The van der Waals surface area contributed by atoms with Gasteiger partial charge < -0.3 is 9.84 Å². The van der Waals surface area contributed by atoms with Crippen molar-refractivity contribution in [2.45, 2.75) is 13.3 Å². The second kappa shape index (κ2) is 6.57. The fraction of sp³-hybridized carbons (Fsp3) is 0.188. The van der Waals surface area contributed by atoms with Crippen LogP contribution < -0.4 is 4.74 Å². The van der Waals surface area contributed by atoms with Crippen molar-refractivity contribution in [3.8, 4) is 16.9 Å². The zero-order valence-electron chi connectivity index (χ0n) is 11.1. The highest BCUT2D eigenvalue weighted by Gasteiger charge is 2.15. The Hall–Kier alpha value is -1.81. The smallest absolute Gasteiger partial charge is 0.336 e. The first-order chi connectivity index (χ1) is 9.63. The summed E-state index contributed by atoms with van der Waals surface area (Å²) in [5.41, 5.74) is 1.71. The van der Waals surface area contributed by atoms with Crippen molar-refractivity contribution in [2.24, 2.45) is 0 Å². The van der Waals surface area contributed by atoms with Gasteiger partial charge in [-0.05, 0) is 30.2 Å². The first kappa shape index (κ1) is 14.6. The summed E-state index contributed by atoms with van der Waals surface area (Å²) in [5, 5.41) is 9.36. The van der Waals surface area contributed by atoms with E-state index in [1.54, 1.807) is 12.1 Å². The molecule has 0 aliphatic carbocycles. The van der Waals surface area contributed by atoms with Gasteiger partial charge in [0.15, 0.2) is 0 Å². The molecule has 0 heterocycles. The van der Waals surface area contributed by atoms with Gasteiger partial charge in [0.1, 0.15) is 5.75 Å². The first-order valence-corrected chi connectivity index (χ1v) is 7.18. The highest BCUT2D eigenvalue weighted by atomic mass is 79.9. The van der Waals surface area contributed by atoms with Crippen molar-refractivity contribution >= 4 is 21.9 Å². The summed E-state index contributed by atoms with van der Waals surface area (Å²) < 4.78 is 6.44. The van der Waals surface area contributed by atoms with Crippen molar-refractivity contribution in [1.82, 2.24) is 0 Å². The Balaban J connectivity index is 2.54. The van der Waals surface area contributed by atoms with E-state index < -0.39 is 5.97 Å². The Morgan fingerprint density at radius 3 is 2.65 bits per heavy atom. The van der Waals surface area contributed by atoms with E-state index in [0.717, 1.165) is 16.5 Å². The largest absolute Gasteiger partial charge is 0.493 e. The van der Waals surface area contributed by atoms with Crippen LogP contribution in [0.25, 0.3) is 11.1 Å². The summed E-state index contributed by atoms with van der Waals surface area (Å²) in [6.45, 7) is 2.64. The van der Waals surface area contributed by atoms with Gasteiger partial charge in [0.25, 0.3) is 0 Å². The molecule has 0 saturated carbocycles. The van der Waals surface area contributed by atoms with E-state index in [1.165, 1.54) is 0 Å². The molecule has 0 atom stereocenters. The molecule has 2 aromatic rings. The molecule has 0 amide bonds. The van der Waals surface area contributed by atoms with Gasteiger partial charge in [0.05, 0.1) is 12.2 Å². The van der Waals surface area contributed by atoms with Crippen molar-refractivity contribution in [3.63, 3.8) is 0 Å². The molecule has 2 rings (SSSR count). The van der Waals surface area contributed by atoms with Crippen LogP contribution in [0.3, 0.4) is 0 Å². The number of hydrogen-bond donors (Lipinski definition) is 1. The fourth-order valence-corrected chi connectivity index (χ4v) is 2.32. The molecular weight excluding hydrogens is 320 g/mol. The highest BCUT2D eigenvalue weighted by Crippen LogP contribution is 2.33. The molecule has 0 aliphatic rings. The van der Waals surface area contributed by atoms with Gasteiger partial charge in [-0.3, -0.25) is 0 Å². The minimum absolute atomic E-state index is 0.256. The molecule has 0 fully saturated rings. The zero-order chi connectivity index (χ0) is 14.5. The maximum Gasteiger partial charge on any atom is 0.336 e. The summed E-state index contributed by atoms with van der Waals surface area (Å²) in [7, 11) is 0. The lowest BCUT2D eigenvalue weighted by Gasteiger charge is -2.13. The lowest BCUT2D eigenvalue weighted by atomic mass is 9.99. The normalized spacial score (nSPS) is 10.3. The Morgan fingerprint density at radius 1 is 1.20 bits per heavy atom. The lowest BCUT2D eigenvalue weighted by molar-refractivity contribution is 0.0697. The van der Waals surface area contributed by atoms with Crippen LogP contribution in [-0.2, 0) is 0 Å². The SMILES string of the molecule is CCCOc1ccccc1-c1ccc(Br)cc1C(=O)O. The first-order valence-electron chi connectivity index (χ1n) is 6.38. The van der Waals surface area contributed by atoms with Crippen molar-refractivity contribution in [2.75, 3.05) is 6.61 Å². The standard InChI is InChI=1S/C16H15BrO3/c1-2-9-20-15-6-4-3-5-13(15)12-8-7-11(17)10-14(12)16(18)19/h3-8,10H,2,9H2,1H3,(H,18,19). The molecule has 104 valence electrons. The van der Waals surface area contributed by atoms with Gasteiger partial charge in [0.2, 0.25) is 0 Å². The molecule has 1 N–H and O–H groups in total. The predicted molar refractivity (Wildman–Crippen MR) is 82.3 cm³/mol. The number of aromatic carboxylic acids is 1. The minimum Gasteiger partial charge on any atom is -0.493 e. The monoisotopic (exact) mass is 334 g/mol. The number of para-hydroxylation sites is 1. The number of rotatable bonds is 5. The van der Waals surface area contributed by atoms with Crippen LogP contribution in [0.1, 0.15) is 23.7 Å². The van der Waals surface area contributed by atoms with Gasteiger partial charge in [-0.15, -0.1) is 0 Å². The summed E-state index contributed by atoms with van der Waals surface area (Å²) in [4.78, 5) is 11.4. The topological polar surface area (TPSA) is 46.5 Å². The summed E-state index contributed by atoms with van der Waals surface area (Å²) >= 11 is 3.30. The maximum atomic E-state index is 11.4. The third kappa shape index (κ3) is 3.20. The lowest BCUT2D eigenvalue weighted by Crippen LogP contribution is -2.02. The van der Waals surface area contributed by atoms with Gasteiger partial charge in [0, 0.05) is 10.0 Å². The number of ether oxygens (including phenoxy) is 1. The Morgan fingerprint density at radius 2 is 1.95 bits per heavy atom. The molecule has 0 bridgehead atoms. The van der Waals surface area contributed by atoms with Crippen LogP contribution in [0, 0.1) is 0 Å². The van der Waals surface area contributed by atoms with Gasteiger partial charge in [-0.1, -0.05) is 47.1 Å². The third-order valence-corrected chi connectivity index (χ3v) is 3.34. The number of carboxylic acids is 1. The third-order valence-electron chi connectivity index (χ3n) is 2.85. The number of halogens is 1. The van der Waals surface area contributed by atoms with Gasteiger partial charge >= 0.3 is 5.97 Å². The zero-order valence-corrected chi connectivity index (χ0v) is 12.7. The Labute approximate surface area is 126 Å². The van der Waals surface area contributed by atoms with Crippen LogP contribution in [0.15, 0.2) is 46.9 Å². The molecule has 0 aliphatic heterocycles. The highest BCUT2D eigenvalue weighted by molar-refractivity contribution is 9.10. The molecule has 0 aromatic heterocycles. The van der Waals surface area contributed by atoms with Crippen molar-refractivity contribution in [3.05, 3.63) is 52.5 Å². The molecule has 0 spiro atoms. The van der Waals surface area contributed by atoms with E-state index in [2.05, 4.69) is 15.9 Å². The second-order valence-corrected chi connectivity index (χ2v) is 5.26. The van der Waals surface area contributed by atoms with E-state index in [1.807, 2.05) is 37.3 Å². The maximum absolute atomic E-state index is 11.4. The van der Waals surface area contributed by atoms with Crippen LogP contribution >= 0.6 is 15.9 Å².